The summed E-state index contributed by atoms with van der Waals surface area (Å²) in [6.45, 7) is 4.21. The van der Waals surface area contributed by atoms with E-state index in [0.29, 0.717) is 6.04 Å². The van der Waals surface area contributed by atoms with Gasteiger partial charge < -0.3 is 4.90 Å². The Hall–Kier alpha value is -1.84. The fourth-order valence-corrected chi connectivity index (χ4v) is 4.11. The van der Waals surface area contributed by atoms with Gasteiger partial charge in [0.2, 0.25) is 0 Å². The summed E-state index contributed by atoms with van der Waals surface area (Å²) in [4.78, 5) is 17.4. The molecule has 3 nitrogen and oxygen atoms in total. The van der Waals surface area contributed by atoms with Crippen molar-refractivity contribution in [1.82, 2.24) is 9.80 Å². The highest BCUT2D eigenvalue weighted by Gasteiger charge is 2.31. The standard InChI is InChI=1S/C22H26N2O.ClH/c25-22(24-15-12-21(17-24)23-13-4-5-14-23)20-10-8-19(9-11-20)16-18-6-2-1-3-7-18;/h1-3,6-11,21H,4-5,12-17H2;1H/t21-;/m0./s1. The van der Waals surface area contributed by atoms with E-state index in [1.807, 2.05) is 23.1 Å². The first-order chi connectivity index (χ1) is 12.3. The zero-order valence-corrected chi connectivity index (χ0v) is 16.0. The Bertz CT molecular complexity index is 711. The van der Waals surface area contributed by atoms with Crippen molar-refractivity contribution in [2.75, 3.05) is 26.2 Å². The van der Waals surface area contributed by atoms with Crippen molar-refractivity contribution in [3.8, 4) is 0 Å². The number of halogens is 1. The maximum Gasteiger partial charge on any atom is 0.253 e. The number of carbonyl (C=O) groups is 1. The number of hydrogen-bond acceptors (Lipinski definition) is 2. The molecule has 2 saturated heterocycles. The van der Waals surface area contributed by atoms with Crippen molar-refractivity contribution >= 4 is 18.3 Å². The van der Waals surface area contributed by atoms with Crippen LogP contribution in [0, 0.1) is 0 Å². The van der Waals surface area contributed by atoms with Crippen molar-refractivity contribution in [3.63, 3.8) is 0 Å². The molecule has 1 amide bonds. The van der Waals surface area contributed by atoms with Crippen LogP contribution in [0.1, 0.15) is 40.7 Å². The second kappa shape index (κ2) is 8.70. The molecule has 2 aromatic carbocycles. The Balaban J connectivity index is 0.00000196. The van der Waals surface area contributed by atoms with Gasteiger partial charge in [-0.3, -0.25) is 9.69 Å². The summed E-state index contributed by atoms with van der Waals surface area (Å²) in [7, 11) is 0. The van der Waals surface area contributed by atoms with Crippen LogP contribution < -0.4 is 0 Å². The smallest absolute Gasteiger partial charge is 0.253 e. The Morgan fingerprint density at radius 1 is 0.885 bits per heavy atom. The monoisotopic (exact) mass is 370 g/mol. The predicted octanol–water partition coefficient (Wildman–Crippen LogP) is 4.01. The predicted molar refractivity (Wildman–Crippen MR) is 108 cm³/mol. The Labute approximate surface area is 162 Å². The van der Waals surface area contributed by atoms with Crippen LogP contribution in [0.25, 0.3) is 0 Å². The minimum absolute atomic E-state index is 0. The molecule has 2 heterocycles. The lowest BCUT2D eigenvalue weighted by molar-refractivity contribution is 0.0780. The van der Waals surface area contributed by atoms with Crippen LogP contribution in [0.15, 0.2) is 54.6 Å². The van der Waals surface area contributed by atoms with E-state index in [0.717, 1.165) is 31.5 Å². The molecule has 138 valence electrons. The van der Waals surface area contributed by atoms with Crippen molar-refractivity contribution in [3.05, 3.63) is 71.3 Å². The van der Waals surface area contributed by atoms with Gasteiger partial charge in [-0.1, -0.05) is 42.5 Å². The number of rotatable bonds is 4. The van der Waals surface area contributed by atoms with E-state index in [1.165, 1.54) is 37.1 Å². The number of carbonyl (C=O) groups excluding carboxylic acids is 1. The number of benzene rings is 2. The number of nitrogens with zero attached hydrogens (tertiary/aromatic N) is 2. The van der Waals surface area contributed by atoms with Crippen LogP contribution >= 0.6 is 12.4 Å². The summed E-state index contributed by atoms with van der Waals surface area (Å²) >= 11 is 0. The lowest BCUT2D eigenvalue weighted by atomic mass is 10.0. The average Bonchev–Trinajstić information content (AvgIpc) is 3.34. The Morgan fingerprint density at radius 3 is 2.23 bits per heavy atom. The van der Waals surface area contributed by atoms with Gasteiger partial charge >= 0.3 is 0 Å². The van der Waals surface area contributed by atoms with Crippen LogP contribution in [0.2, 0.25) is 0 Å². The van der Waals surface area contributed by atoms with Crippen LogP contribution in [0.4, 0.5) is 0 Å². The zero-order chi connectivity index (χ0) is 17.1. The molecule has 0 aromatic heterocycles. The summed E-state index contributed by atoms with van der Waals surface area (Å²) in [5.74, 6) is 0.188. The van der Waals surface area contributed by atoms with E-state index in [1.54, 1.807) is 0 Å². The van der Waals surface area contributed by atoms with Crippen molar-refractivity contribution in [2.45, 2.75) is 31.7 Å². The number of amides is 1. The lowest BCUT2D eigenvalue weighted by Crippen LogP contribution is -2.37. The molecule has 0 bridgehead atoms. The van der Waals surface area contributed by atoms with Crippen LogP contribution in [-0.2, 0) is 6.42 Å². The summed E-state index contributed by atoms with van der Waals surface area (Å²) in [6.07, 6.45) is 4.66. The van der Waals surface area contributed by atoms with Gasteiger partial charge in [-0.05, 0) is 62.0 Å². The van der Waals surface area contributed by atoms with E-state index >= 15 is 0 Å². The van der Waals surface area contributed by atoms with Gasteiger partial charge in [0.1, 0.15) is 0 Å². The highest BCUT2D eigenvalue weighted by atomic mass is 35.5. The quantitative estimate of drug-likeness (QED) is 0.811. The summed E-state index contributed by atoms with van der Waals surface area (Å²) < 4.78 is 0. The summed E-state index contributed by atoms with van der Waals surface area (Å²) in [5, 5.41) is 0. The second-order valence-electron chi connectivity index (χ2n) is 7.30. The first-order valence-electron chi connectivity index (χ1n) is 9.46. The fraction of sp³-hybridized carbons (Fsp3) is 0.409. The molecule has 4 heteroatoms. The van der Waals surface area contributed by atoms with E-state index in [9.17, 15) is 4.79 Å². The minimum atomic E-state index is 0. The third-order valence-electron chi connectivity index (χ3n) is 5.56. The molecule has 2 fully saturated rings. The topological polar surface area (TPSA) is 23.6 Å². The molecule has 0 saturated carbocycles. The lowest BCUT2D eigenvalue weighted by Gasteiger charge is -2.23. The maximum absolute atomic E-state index is 12.8. The molecule has 0 N–H and O–H groups in total. The van der Waals surface area contributed by atoms with Gasteiger partial charge in [-0.25, -0.2) is 0 Å². The van der Waals surface area contributed by atoms with Crippen molar-refractivity contribution in [1.29, 1.82) is 0 Å². The largest absolute Gasteiger partial charge is 0.337 e. The first kappa shape index (κ1) is 18.9. The van der Waals surface area contributed by atoms with E-state index in [-0.39, 0.29) is 18.3 Å². The third-order valence-corrected chi connectivity index (χ3v) is 5.56. The molecular formula is C22H27ClN2O. The van der Waals surface area contributed by atoms with Gasteiger partial charge in [0.05, 0.1) is 0 Å². The van der Waals surface area contributed by atoms with Crippen LogP contribution in [-0.4, -0.2) is 47.9 Å². The average molecular weight is 371 g/mol. The van der Waals surface area contributed by atoms with Crippen LogP contribution in [0.3, 0.4) is 0 Å². The SMILES string of the molecule is Cl.O=C(c1ccc(Cc2ccccc2)cc1)N1CC[C@H](N2CCCC2)C1. The molecule has 0 radical (unpaired) electrons. The van der Waals surface area contributed by atoms with Gasteiger partial charge in [-0.2, -0.15) is 0 Å². The van der Waals surface area contributed by atoms with Gasteiger partial charge in [0, 0.05) is 24.7 Å². The Morgan fingerprint density at radius 2 is 1.54 bits per heavy atom. The summed E-state index contributed by atoms with van der Waals surface area (Å²) in [6, 6.07) is 19.2. The van der Waals surface area contributed by atoms with Crippen molar-refractivity contribution < 1.29 is 4.79 Å². The van der Waals surface area contributed by atoms with E-state index < -0.39 is 0 Å². The normalized spacial score (nSPS) is 20.2. The highest BCUT2D eigenvalue weighted by molar-refractivity contribution is 5.94. The van der Waals surface area contributed by atoms with Crippen molar-refractivity contribution in [2.24, 2.45) is 0 Å². The summed E-state index contributed by atoms with van der Waals surface area (Å²) in [5.41, 5.74) is 3.37. The second-order valence-corrected chi connectivity index (χ2v) is 7.30. The fourth-order valence-electron chi connectivity index (χ4n) is 4.11. The molecule has 1 atom stereocenters. The van der Waals surface area contributed by atoms with Gasteiger partial charge in [0.15, 0.2) is 0 Å². The zero-order valence-electron chi connectivity index (χ0n) is 15.1. The molecule has 0 aliphatic carbocycles. The molecule has 2 aliphatic rings. The Kier molecular flexibility index (Phi) is 6.33. The molecule has 2 aliphatic heterocycles. The van der Waals surface area contributed by atoms with Gasteiger partial charge in [0.25, 0.3) is 5.91 Å². The molecule has 0 spiro atoms. The molecule has 4 rings (SSSR count). The minimum Gasteiger partial charge on any atom is -0.337 e. The maximum atomic E-state index is 12.8. The van der Waals surface area contributed by atoms with Crippen LogP contribution in [0.5, 0.6) is 0 Å². The first-order valence-corrected chi connectivity index (χ1v) is 9.46. The molecular weight excluding hydrogens is 344 g/mol. The van der Waals surface area contributed by atoms with E-state index in [4.69, 9.17) is 0 Å². The number of likely N-dealkylation sites (tertiary alicyclic amines) is 2. The molecule has 2 aromatic rings. The number of hydrogen-bond donors (Lipinski definition) is 0. The van der Waals surface area contributed by atoms with Gasteiger partial charge in [-0.15, -0.1) is 12.4 Å². The highest BCUT2D eigenvalue weighted by Crippen LogP contribution is 2.22. The molecule has 26 heavy (non-hydrogen) atoms. The molecule has 0 unspecified atom stereocenters. The van der Waals surface area contributed by atoms with E-state index in [2.05, 4.69) is 41.3 Å². The third kappa shape index (κ3) is 4.28.